The lowest BCUT2D eigenvalue weighted by molar-refractivity contribution is 1.53. The number of rotatable bonds is 0. The maximum absolute atomic E-state index is 5.42. The van der Waals surface area contributed by atoms with Crippen LogP contribution in [-0.2, 0) is 0 Å². The molecule has 0 saturated carbocycles. The highest BCUT2D eigenvalue weighted by Crippen LogP contribution is 2.19. The standard InChI is InChI=1S/C5H2ClNS/c1-3-4(2)8-7-5(3)6/h1-2H. The molecule has 3 heteroatoms. The Morgan fingerprint density at radius 2 is 2.12 bits per heavy atom. The van der Waals surface area contributed by atoms with Crippen LogP contribution < -0.4 is 0 Å². The van der Waals surface area contributed by atoms with Crippen LogP contribution in [0.4, 0.5) is 0 Å². The zero-order chi connectivity index (χ0) is 6.15. The molecule has 0 unspecified atom stereocenters. The molecule has 1 heterocycles. The molecule has 1 aromatic heterocycles. The van der Waals surface area contributed by atoms with E-state index in [-0.39, 0.29) is 0 Å². The van der Waals surface area contributed by atoms with Crippen LogP contribution in [0.15, 0.2) is 0 Å². The summed E-state index contributed by atoms with van der Waals surface area (Å²) in [7, 11) is 0. The maximum Gasteiger partial charge on any atom is 0.146 e. The summed E-state index contributed by atoms with van der Waals surface area (Å²) >= 11 is 6.53. The summed E-state index contributed by atoms with van der Waals surface area (Å²) in [6, 6.07) is 0. The van der Waals surface area contributed by atoms with Crippen molar-refractivity contribution in [2.24, 2.45) is 0 Å². The smallest absolute Gasteiger partial charge is 0.146 e. The third-order valence-electron chi connectivity index (χ3n) is 0.712. The zero-order valence-electron chi connectivity index (χ0n) is 3.89. The summed E-state index contributed by atoms with van der Waals surface area (Å²) in [4.78, 5) is 0.481. The predicted octanol–water partition coefficient (Wildman–Crippen LogP) is 1.91. The van der Waals surface area contributed by atoms with Gasteiger partial charge in [0.15, 0.2) is 0 Å². The van der Waals surface area contributed by atoms with Crippen molar-refractivity contribution in [2.45, 2.75) is 0 Å². The first-order chi connectivity index (χ1) is 3.72. The van der Waals surface area contributed by atoms with Gasteiger partial charge in [-0.15, -0.1) is 0 Å². The highest BCUT2D eigenvalue weighted by molar-refractivity contribution is 7.06. The van der Waals surface area contributed by atoms with E-state index in [9.17, 15) is 0 Å². The Kier molecular flexibility index (Phi) is 1.54. The van der Waals surface area contributed by atoms with Crippen molar-refractivity contribution in [3.05, 3.63) is 29.4 Å². The molecule has 4 radical (unpaired) electrons. The van der Waals surface area contributed by atoms with Crippen LogP contribution in [0.1, 0.15) is 10.4 Å². The molecule has 1 rings (SSSR count). The van der Waals surface area contributed by atoms with Crippen LogP contribution in [-0.4, -0.2) is 4.37 Å². The van der Waals surface area contributed by atoms with Gasteiger partial charge in [0.05, 0.1) is 0 Å². The number of hydrogen-bond donors (Lipinski definition) is 0. The second kappa shape index (κ2) is 2.03. The first-order valence-electron chi connectivity index (χ1n) is 1.88. The van der Waals surface area contributed by atoms with Gasteiger partial charge in [-0.05, 0) is 11.5 Å². The SMILES string of the molecule is [CH]c1snc(Cl)c1[CH]. The third-order valence-corrected chi connectivity index (χ3v) is 1.79. The van der Waals surface area contributed by atoms with Gasteiger partial charge in [-0.25, -0.2) is 0 Å². The second-order valence-corrected chi connectivity index (χ2v) is 2.41. The average molecular weight is 144 g/mol. The number of hydrogen-bond acceptors (Lipinski definition) is 2. The van der Waals surface area contributed by atoms with Crippen LogP contribution in [0.2, 0.25) is 5.15 Å². The summed E-state index contributed by atoms with van der Waals surface area (Å²) in [5, 5.41) is 0.299. The first-order valence-corrected chi connectivity index (χ1v) is 3.03. The minimum atomic E-state index is 0.299. The Hall–Kier alpha value is -0.0800. The molecular weight excluding hydrogens is 142 g/mol. The molecule has 0 spiro atoms. The summed E-state index contributed by atoms with van der Waals surface area (Å²) < 4.78 is 3.67. The van der Waals surface area contributed by atoms with Crippen LogP contribution >= 0.6 is 23.1 Å². The highest BCUT2D eigenvalue weighted by atomic mass is 35.5. The molecule has 8 heavy (non-hydrogen) atoms. The van der Waals surface area contributed by atoms with Crippen molar-refractivity contribution < 1.29 is 0 Å². The molecule has 0 N–H and O–H groups in total. The van der Waals surface area contributed by atoms with Crippen molar-refractivity contribution in [3.8, 4) is 0 Å². The molecule has 0 aromatic carbocycles. The van der Waals surface area contributed by atoms with Gasteiger partial charge in [-0.3, -0.25) is 0 Å². The van der Waals surface area contributed by atoms with E-state index in [2.05, 4.69) is 4.37 Å². The molecule has 0 aliphatic carbocycles. The van der Waals surface area contributed by atoms with Crippen molar-refractivity contribution in [1.29, 1.82) is 0 Å². The molecule has 0 aliphatic rings. The summed E-state index contributed by atoms with van der Waals surface area (Å²) in [6.45, 7) is 10.6. The Bertz CT molecular complexity index is 175. The lowest BCUT2D eigenvalue weighted by Gasteiger charge is -1.80. The summed E-state index contributed by atoms with van der Waals surface area (Å²) in [5.41, 5.74) is 0.386. The van der Waals surface area contributed by atoms with Gasteiger partial charge in [0.2, 0.25) is 0 Å². The quantitative estimate of drug-likeness (QED) is 0.541. The monoisotopic (exact) mass is 143 g/mol. The Morgan fingerprint density at radius 1 is 1.50 bits per heavy atom. The minimum absolute atomic E-state index is 0.299. The van der Waals surface area contributed by atoms with E-state index in [4.69, 9.17) is 25.4 Å². The van der Waals surface area contributed by atoms with Crippen LogP contribution in [0.3, 0.4) is 0 Å². The molecule has 0 atom stereocenters. The van der Waals surface area contributed by atoms with E-state index >= 15 is 0 Å². The zero-order valence-corrected chi connectivity index (χ0v) is 5.46. The molecule has 1 nitrogen and oxygen atoms in total. The van der Waals surface area contributed by atoms with Crippen molar-refractivity contribution in [2.75, 3.05) is 0 Å². The van der Waals surface area contributed by atoms with E-state index in [1.807, 2.05) is 0 Å². The van der Waals surface area contributed by atoms with Gasteiger partial charge < -0.3 is 0 Å². The van der Waals surface area contributed by atoms with E-state index in [0.29, 0.717) is 15.6 Å². The Balaban J connectivity index is 3.19. The fraction of sp³-hybridized carbons (Fsp3) is 0. The Morgan fingerprint density at radius 3 is 2.25 bits per heavy atom. The summed E-state index contributed by atoms with van der Waals surface area (Å²) in [5.74, 6) is 0. The average Bonchev–Trinajstić information content (AvgIpc) is 1.98. The fourth-order valence-electron chi connectivity index (χ4n) is 0.289. The van der Waals surface area contributed by atoms with Crippen molar-refractivity contribution in [3.63, 3.8) is 0 Å². The van der Waals surface area contributed by atoms with Gasteiger partial charge in [0, 0.05) is 24.3 Å². The van der Waals surface area contributed by atoms with E-state index in [0.717, 1.165) is 11.5 Å². The number of aromatic nitrogens is 1. The van der Waals surface area contributed by atoms with E-state index < -0.39 is 0 Å². The van der Waals surface area contributed by atoms with Crippen LogP contribution in [0, 0.1) is 13.8 Å². The van der Waals surface area contributed by atoms with E-state index in [1.54, 1.807) is 0 Å². The number of halogens is 1. The van der Waals surface area contributed by atoms with Crippen molar-refractivity contribution >= 4 is 23.1 Å². The fourth-order valence-corrected chi connectivity index (χ4v) is 1.02. The lowest BCUT2D eigenvalue weighted by Crippen LogP contribution is -1.67. The number of nitrogens with zero attached hydrogens (tertiary/aromatic N) is 1. The molecule has 0 amide bonds. The molecule has 0 fully saturated rings. The van der Waals surface area contributed by atoms with E-state index in [1.165, 1.54) is 0 Å². The molecule has 1 aromatic rings. The predicted molar refractivity (Wildman–Crippen MR) is 33.9 cm³/mol. The van der Waals surface area contributed by atoms with Gasteiger partial charge in [-0.2, -0.15) is 4.37 Å². The van der Waals surface area contributed by atoms with Gasteiger partial charge in [-0.1, -0.05) is 11.6 Å². The second-order valence-electron chi connectivity index (χ2n) is 1.25. The highest BCUT2D eigenvalue weighted by Gasteiger charge is 2.00. The third kappa shape index (κ3) is 0.858. The topological polar surface area (TPSA) is 12.9 Å². The molecule has 0 aliphatic heterocycles. The largest absolute Gasteiger partial charge is 0.180 e. The maximum atomic E-state index is 5.42. The molecular formula is C5H2ClNS. The normalized spacial score (nSPS) is 9.88. The van der Waals surface area contributed by atoms with Crippen LogP contribution in [0.5, 0.6) is 0 Å². The Labute approximate surface area is 57.5 Å². The first kappa shape index (κ1) is 6.05. The molecule has 0 bridgehead atoms. The van der Waals surface area contributed by atoms with Crippen molar-refractivity contribution in [1.82, 2.24) is 4.37 Å². The van der Waals surface area contributed by atoms with Gasteiger partial charge in [0.25, 0.3) is 0 Å². The van der Waals surface area contributed by atoms with Gasteiger partial charge >= 0.3 is 0 Å². The van der Waals surface area contributed by atoms with Gasteiger partial charge in [0.1, 0.15) is 5.15 Å². The minimum Gasteiger partial charge on any atom is -0.180 e. The summed E-state index contributed by atoms with van der Waals surface area (Å²) in [6.07, 6.45) is 0. The molecule has 40 valence electrons. The van der Waals surface area contributed by atoms with Crippen LogP contribution in [0.25, 0.3) is 0 Å². The molecule has 0 saturated heterocycles. The lowest BCUT2D eigenvalue weighted by atomic mass is 10.3.